The summed E-state index contributed by atoms with van der Waals surface area (Å²) in [6.45, 7) is 0.445. The van der Waals surface area contributed by atoms with Gasteiger partial charge in [0.2, 0.25) is 0 Å². The molecule has 4 N–H and O–H groups in total. The van der Waals surface area contributed by atoms with Gasteiger partial charge in [-0.3, -0.25) is 14.5 Å². The number of imide groups is 1. The van der Waals surface area contributed by atoms with Crippen molar-refractivity contribution >= 4 is 23.2 Å². The quantitative estimate of drug-likeness (QED) is 0.648. The van der Waals surface area contributed by atoms with Gasteiger partial charge in [-0.05, 0) is 43.9 Å². The molecule has 22 heavy (non-hydrogen) atoms. The number of carbonyl (C=O) groups is 2. The predicted octanol–water partition coefficient (Wildman–Crippen LogP) is 1.47. The summed E-state index contributed by atoms with van der Waals surface area (Å²) < 4.78 is 5.56. The minimum atomic E-state index is -0.159. The highest BCUT2D eigenvalue weighted by Gasteiger charge is 2.38. The molecule has 0 atom stereocenters. The zero-order valence-corrected chi connectivity index (χ0v) is 12.3. The first kappa shape index (κ1) is 14.4. The van der Waals surface area contributed by atoms with Gasteiger partial charge in [0.1, 0.15) is 12.4 Å². The van der Waals surface area contributed by atoms with Crippen molar-refractivity contribution in [2.24, 2.45) is 0 Å². The lowest BCUT2D eigenvalue weighted by Crippen LogP contribution is -2.35. The zero-order valence-electron chi connectivity index (χ0n) is 12.3. The molecule has 0 aromatic heterocycles. The summed E-state index contributed by atoms with van der Waals surface area (Å²) in [5, 5.41) is 0. The second-order valence-corrected chi connectivity index (χ2v) is 5.57. The number of benzene rings is 1. The van der Waals surface area contributed by atoms with Crippen LogP contribution in [-0.2, 0) is 9.59 Å². The van der Waals surface area contributed by atoms with Crippen LogP contribution in [0.15, 0.2) is 29.3 Å². The van der Waals surface area contributed by atoms with Gasteiger partial charge < -0.3 is 16.2 Å². The van der Waals surface area contributed by atoms with E-state index in [0.717, 1.165) is 12.8 Å². The van der Waals surface area contributed by atoms with E-state index in [1.54, 1.807) is 18.2 Å². The van der Waals surface area contributed by atoms with Gasteiger partial charge in [-0.2, -0.15) is 0 Å². The van der Waals surface area contributed by atoms with E-state index in [4.69, 9.17) is 16.2 Å². The van der Waals surface area contributed by atoms with Crippen LogP contribution in [0.4, 0.5) is 11.4 Å². The Morgan fingerprint density at radius 3 is 2.27 bits per heavy atom. The summed E-state index contributed by atoms with van der Waals surface area (Å²) in [7, 11) is 0. The van der Waals surface area contributed by atoms with Gasteiger partial charge in [-0.25, -0.2) is 0 Å². The van der Waals surface area contributed by atoms with Gasteiger partial charge in [0.25, 0.3) is 11.8 Å². The van der Waals surface area contributed by atoms with Crippen molar-refractivity contribution in [3.63, 3.8) is 0 Å². The maximum absolute atomic E-state index is 12.3. The number of rotatable bonds is 4. The van der Waals surface area contributed by atoms with Gasteiger partial charge >= 0.3 is 0 Å². The molecule has 1 aliphatic heterocycles. The van der Waals surface area contributed by atoms with Gasteiger partial charge in [-0.1, -0.05) is 0 Å². The molecule has 0 saturated heterocycles. The van der Waals surface area contributed by atoms with Gasteiger partial charge in [0, 0.05) is 16.8 Å². The maximum Gasteiger partial charge on any atom is 0.257 e. The van der Waals surface area contributed by atoms with Crippen LogP contribution in [0.5, 0.6) is 5.75 Å². The Morgan fingerprint density at radius 1 is 1.05 bits per heavy atom. The first-order valence-electron chi connectivity index (χ1n) is 7.44. The van der Waals surface area contributed by atoms with E-state index in [1.165, 1.54) is 4.90 Å². The Bertz CT molecular complexity index is 639. The van der Waals surface area contributed by atoms with Crippen LogP contribution in [-0.4, -0.2) is 29.9 Å². The lowest BCUT2D eigenvalue weighted by atomic mass is 9.93. The van der Waals surface area contributed by atoms with E-state index < -0.39 is 0 Å². The van der Waals surface area contributed by atoms with Gasteiger partial charge in [-0.15, -0.1) is 0 Å². The molecule has 0 saturated carbocycles. The van der Waals surface area contributed by atoms with Crippen LogP contribution >= 0.6 is 0 Å². The Hall–Kier alpha value is -2.50. The van der Waals surface area contributed by atoms with Crippen LogP contribution in [0.25, 0.3) is 0 Å². The normalized spacial score (nSPS) is 17.9. The minimum absolute atomic E-state index is 0.159. The lowest BCUT2D eigenvalue weighted by molar-refractivity contribution is -0.138. The summed E-state index contributed by atoms with van der Waals surface area (Å²) in [5.74, 6) is 0.188. The molecule has 6 nitrogen and oxygen atoms in total. The van der Waals surface area contributed by atoms with Crippen molar-refractivity contribution in [2.75, 3.05) is 24.6 Å². The van der Waals surface area contributed by atoms with Crippen LogP contribution in [0.2, 0.25) is 0 Å². The third-order valence-corrected chi connectivity index (χ3v) is 4.08. The van der Waals surface area contributed by atoms with Crippen LogP contribution in [0.1, 0.15) is 25.7 Å². The highest BCUT2D eigenvalue weighted by molar-refractivity contribution is 6.19. The van der Waals surface area contributed by atoms with Crippen molar-refractivity contribution in [1.82, 2.24) is 4.90 Å². The van der Waals surface area contributed by atoms with Crippen molar-refractivity contribution < 1.29 is 14.3 Å². The van der Waals surface area contributed by atoms with Crippen LogP contribution < -0.4 is 16.2 Å². The lowest BCUT2D eigenvalue weighted by Gasteiger charge is -2.16. The molecule has 2 amide bonds. The molecule has 0 bridgehead atoms. The molecule has 116 valence electrons. The fourth-order valence-electron chi connectivity index (χ4n) is 2.94. The highest BCUT2D eigenvalue weighted by atomic mass is 16.5. The number of nitrogens with zero attached hydrogens (tertiary/aromatic N) is 1. The minimum Gasteiger partial charge on any atom is -0.490 e. The first-order valence-corrected chi connectivity index (χ1v) is 7.44. The third kappa shape index (κ3) is 2.52. The molecule has 6 heteroatoms. The number of hydrogen-bond acceptors (Lipinski definition) is 5. The molecule has 1 aromatic carbocycles. The molecule has 0 fully saturated rings. The van der Waals surface area contributed by atoms with Gasteiger partial charge in [0.15, 0.2) is 0 Å². The molecular weight excluding hydrogens is 282 g/mol. The van der Waals surface area contributed by atoms with E-state index in [-0.39, 0.29) is 25.0 Å². The van der Waals surface area contributed by atoms with E-state index >= 15 is 0 Å². The second kappa shape index (κ2) is 5.71. The molecule has 1 aliphatic carbocycles. The average molecular weight is 301 g/mol. The smallest absolute Gasteiger partial charge is 0.257 e. The monoisotopic (exact) mass is 301 g/mol. The Kier molecular flexibility index (Phi) is 3.75. The summed E-state index contributed by atoms with van der Waals surface area (Å²) in [5.41, 5.74) is 13.8. The first-order chi connectivity index (χ1) is 10.6. The molecule has 0 unspecified atom stereocenters. The molecule has 3 rings (SSSR count). The predicted molar refractivity (Wildman–Crippen MR) is 83.0 cm³/mol. The average Bonchev–Trinajstić information content (AvgIpc) is 2.75. The van der Waals surface area contributed by atoms with E-state index in [2.05, 4.69) is 0 Å². The van der Waals surface area contributed by atoms with Crippen molar-refractivity contribution in [2.45, 2.75) is 25.7 Å². The second-order valence-electron chi connectivity index (χ2n) is 5.57. The molecule has 0 spiro atoms. The standard InChI is InChI=1S/C16H19N3O3/c17-10-5-6-14(13(18)9-10)22-8-7-19-15(20)11-3-1-2-4-12(11)16(19)21/h5-6,9H,1-4,7-8,17-18H2. The number of nitrogens with two attached hydrogens (primary N) is 2. The summed E-state index contributed by atoms with van der Waals surface area (Å²) >= 11 is 0. The number of nitrogen functional groups attached to an aromatic ring is 2. The molecule has 1 aromatic rings. The zero-order chi connectivity index (χ0) is 15.7. The molecule has 0 radical (unpaired) electrons. The van der Waals surface area contributed by atoms with E-state index in [0.29, 0.717) is 41.1 Å². The highest BCUT2D eigenvalue weighted by Crippen LogP contribution is 2.32. The fourth-order valence-corrected chi connectivity index (χ4v) is 2.94. The summed E-state index contributed by atoms with van der Waals surface area (Å²) in [6.07, 6.45) is 3.37. The van der Waals surface area contributed by atoms with Crippen LogP contribution in [0.3, 0.4) is 0 Å². The molecular formula is C16H19N3O3. The third-order valence-electron chi connectivity index (χ3n) is 4.08. The SMILES string of the molecule is Nc1ccc(OCCN2C(=O)C3=C(CCCC3)C2=O)c(N)c1. The molecule has 1 heterocycles. The maximum atomic E-state index is 12.3. The fraction of sp³-hybridized carbons (Fsp3) is 0.375. The Labute approximate surface area is 128 Å². The summed E-state index contributed by atoms with van der Waals surface area (Å²) in [4.78, 5) is 25.8. The Balaban J connectivity index is 1.61. The number of hydrogen-bond donors (Lipinski definition) is 2. The topological polar surface area (TPSA) is 98.6 Å². The number of carbonyl (C=O) groups excluding carboxylic acids is 2. The van der Waals surface area contributed by atoms with Crippen LogP contribution in [0, 0.1) is 0 Å². The van der Waals surface area contributed by atoms with Crippen molar-refractivity contribution in [3.05, 3.63) is 29.3 Å². The largest absolute Gasteiger partial charge is 0.490 e. The van der Waals surface area contributed by atoms with Crippen molar-refractivity contribution in [3.8, 4) is 5.75 Å². The Morgan fingerprint density at radius 2 is 1.68 bits per heavy atom. The van der Waals surface area contributed by atoms with E-state index in [1.807, 2.05) is 0 Å². The molecule has 2 aliphatic rings. The van der Waals surface area contributed by atoms with Gasteiger partial charge in [0.05, 0.1) is 12.2 Å². The number of ether oxygens (including phenoxy) is 1. The number of anilines is 2. The summed E-state index contributed by atoms with van der Waals surface area (Å²) in [6, 6.07) is 4.99. The van der Waals surface area contributed by atoms with Crippen molar-refractivity contribution in [1.29, 1.82) is 0 Å². The van der Waals surface area contributed by atoms with E-state index in [9.17, 15) is 9.59 Å². The number of amides is 2.